The first-order valence-electron chi connectivity index (χ1n) is 8.81. The lowest BCUT2D eigenvalue weighted by molar-refractivity contribution is -0.139. The normalized spacial score (nSPS) is 22.2. The Hall–Kier alpha value is -1.10. The molecule has 1 aliphatic rings. The number of hydrogen-bond donors (Lipinski definition) is 1. The van der Waals surface area contributed by atoms with Crippen LogP contribution in [-0.4, -0.2) is 31.7 Å². The van der Waals surface area contributed by atoms with Gasteiger partial charge in [-0.2, -0.15) is 0 Å². The molecule has 0 unspecified atom stereocenters. The second kappa shape index (κ2) is 9.26. The van der Waals surface area contributed by atoms with E-state index in [0.717, 1.165) is 37.3 Å². The van der Waals surface area contributed by atoms with Crippen LogP contribution in [0.2, 0.25) is 25.7 Å². The predicted molar refractivity (Wildman–Crippen MR) is 95.2 cm³/mol. The summed E-state index contributed by atoms with van der Waals surface area (Å²) >= 11 is 0. The van der Waals surface area contributed by atoms with E-state index >= 15 is 0 Å². The molecule has 0 bridgehead atoms. The zero-order valence-corrected chi connectivity index (χ0v) is 16.1. The van der Waals surface area contributed by atoms with Crippen LogP contribution in [0.4, 0.5) is 0 Å². The molecule has 0 saturated heterocycles. The van der Waals surface area contributed by atoms with E-state index in [1.165, 1.54) is 6.42 Å². The first-order valence-corrected chi connectivity index (χ1v) is 12.5. The van der Waals surface area contributed by atoms with Crippen LogP contribution in [0.25, 0.3) is 0 Å². The van der Waals surface area contributed by atoms with E-state index in [-0.39, 0.29) is 12.4 Å². The highest BCUT2D eigenvalue weighted by atomic mass is 28.3. The zero-order valence-electron chi connectivity index (χ0n) is 15.1. The SMILES string of the molecule is CCOC(=O)/C(=C\C[C@@H]1CCC[C@H]1CCC(=O)O)C[Si](C)(C)C. The monoisotopic (exact) mass is 340 g/mol. The average molecular weight is 341 g/mol. The predicted octanol–water partition coefficient (Wildman–Crippen LogP) is 4.49. The van der Waals surface area contributed by atoms with Crippen LogP contribution in [0.15, 0.2) is 11.6 Å². The molecule has 0 aliphatic heterocycles. The highest BCUT2D eigenvalue weighted by Crippen LogP contribution is 2.37. The van der Waals surface area contributed by atoms with Gasteiger partial charge in [0.05, 0.1) is 6.61 Å². The molecule has 1 fully saturated rings. The molecular formula is C18H32O4Si. The molecule has 2 atom stereocenters. The molecule has 0 amide bonds. The third-order valence-corrected chi connectivity index (χ3v) is 5.91. The molecule has 0 radical (unpaired) electrons. The molecule has 1 saturated carbocycles. The number of carboxylic acid groups (broad SMARTS) is 1. The molecule has 0 aromatic heterocycles. The molecule has 1 rings (SSSR count). The molecule has 4 nitrogen and oxygen atoms in total. The fourth-order valence-electron chi connectivity index (χ4n) is 3.43. The maximum Gasteiger partial charge on any atom is 0.333 e. The second-order valence-electron chi connectivity index (χ2n) is 7.81. The van der Waals surface area contributed by atoms with Crippen LogP contribution < -0.4 is 0 Å². The van der Waals surface area contributed by atoms with Gasteiger partial charge in [0.25, 0.3) is 0 Å². The van der Waals surface area contributed by atoms with Crippen molar-refractivity contribution in [3.05, 3.63) is 11.6 Å². The lowest BCUT2D eigenvalue weighted by Crippen LogP contribution is -2.23. The van der Waals surface area contributed by atoms with Crippen molar-refractivity contribution in [1.29, 1.82) is 0 Å². The number of carboxylic acids is 1. The van der Waals surface area contributed by atoms with E-state index in [9.17, 15) is 9.59 Å². The van der Waals surface area contributed by atoms with E-state index in [0.29, 0.717) is 18.4 Å². The number of carbonyl (C=O) groups is 2. The summed E-state index contributed by atoms with van der Waals surface area (Å²) in [4.78, 5) is 23.0. The first kappa shape index (κ1) is 19.9. The van der Waals surface area contributed by atoms with Gasteiger partial charge in [-0.15, -0.1) is 0 Å². The minimum Gasteiger partial charge on any atom is -0.481 e. The minimum atomic E-state index is -1.38. The van der Waals surface area contributed by atoms with E-state index in [1.807, 2.05) is 6.92 Å². The van der Waals surface area contributed by atoms with Gasteiger partial charge in [-0.1, -0.05) is 38.6 Å². The number of allylic oxidation sites excluding steroid dienone is 1. The maximum absolute atomic E-state index is 12.2. The Bertz CT molecular complexity index is 437. The van der Waals surface area contributed by atoms with Crippen molar-refractivity contribution in [3.8, 4) is 0 Å². The van der Waals surface area contributed by atoms with E-state index < -0.39 is 14.0 Å². The third-order valence-electron chi connectivity index (χ3n) is 4.47. The summed E-state index contributed by atoms with van der Waals surface area (Å²) in [5.41, 5.74) is 0.829. The lowest BCUT2D eigenvalue weighted by Gasteiger charge is -2.20. The number of hydrogen-bond acceptors (Lipinski definition) is 3. The molecule has 23 heavy (non-hydrogen) atoms. The van der Waals surface area contributed by atoms with E-state index in [4.69, 9.17) is 9.84 Å². The van der Waals surface area contributed by atoms with Crippen molar-refractivity contribution >= 4 is 20.0 Å². The van der Waals surface area contributed by atoms with Gasteiger partial charge in [0.15, 0.2) is 0 Å². The molecule has 0 heterocycles. The van der Waals surface area contributed by atoms with Gasteiger partial charge in [0, 0.05) is 20.1 Å². The Morgan fingerprint density at radius 3 is 2.43 bits per heavy atom. The average Bonchev–Trinajstić information content (AvgIpc) is 2.87. The van der Waals surface area contributed by atoms with Crippen molar-refractivity contribution in [2.45, 2.75) is 71.1 Å². The van der Waals surface area contributed by atoms with Crippen molar-refractivity contribution in [1.82, 2.24) is 0 Å². The summed E-state index contributed by atoms with van der Waals surface area (Å²) in [6.45, 7) is 9.01. The van der Waals surface area contributed by atoms with Crippen molar-refractivity contribution < 1.29 is 19.4 Å². The van der Waals surface area contributed by atoms with Crippen LogP contribution in [0.5, 0.6) is 0 Å². The fraction of sp³-hybridized carbons (Fsp3) is 0.778. The quantitative estimate of drug-likeness (QED) is 0.382. The van der Waals surface area contributed by atoms with Crippen molar-refractivity contribution in [2.24, 2.45) is 11.8 Å². The number of esters is 1. The molecule has 0 aromatic carbocycles. The lowest BCUT2D eigenvalue weighted by atomic mass is 9.88. The first-order chi connectivity index (χ1) is 10.7. The van der Waals surface area contributed by atoms with Gasteiger partial charge < -0.3 is 9.84 Å². The number of ether oxygens (including phenoxy) is 1. The summed E-state index contributed by atoms with van der Waals surface area (Å²) < 4.78 is 5.21. The van der Waals surface area contributed by atoms with Gasteiger partial charge >= 0.3 is 11.9 Å². The van der Waals surface area contributed by atoms with Gasteiger partial charge in [-0.05, 0) is 44.1 Å². The highest BCUT2D eigenvalue weighted by molar-refractivity contribution is 6.77. The van der Waals surface area contributed by atoms with Crippen molar-refractivity contribution in [2.75, 3.05) is 6.61 Å². The zero-order chi connectivity index (χ0) is 17.5. The Labute approximate surface area is 141 Å². The third kappa shape index (κ3) is 7.82. The summed E-state index contributed by atoms with van der Waals surface area (Å²) in [7, 11) is -1.38. The van der Waals surface area contributed by atoms with Crippen molar-refractivity contribution in [3.63, 3.8) is 0 Å². The Balaban J connectivity index is 2.70. The standard InChI is InChI=1S/C18H32O4Si/c1-5-22-18(21)16(13-23(2,3)4)10-9-14-7-6-8-15(14)11-12-17(19)20/h10,14-15H,5-9,11-13H2,1-4H3,(H,19,20)/b16-10-/t14-,15-/m0/s1. The number of rotatable bonds is 9. The van der Waals surface area contributed by atoms with Crippen LogP contribution >= 0.6 is 0 Å². The summed E-state index contributed by atoms with van der Waals surface area (Å²) in [6, 6.07) is 0.846. The topological polar surface area (TPSA) is 63.6 Å². The Morgan fingerprint density at radius 2 is 1.87 bits per heavy atom. The van der Waals surface area contributed by atoms with Gasteiger partial charge in [0.1, 0.15) is 0 Å². The summed E-state index contributed by atoms with van der Waals surface area (Å²) in [5.74, 6) is 0.116. The highest BCUT2D eigenvalue weighted by Gasteiger charge is 2.28. The smallest absolute Gasteiger partial charge is 0.333 e. The molecule has 132 valence electrons. The molecule has 0 spiro atoms. The molecule has 0 aromatic rings. The minimum absolute atomic E-state index is 0.171. The fourth-order valence-corrected chi connectivity index (χ4v) is 4.86. The largest absolute Gasteiger partial charge is 0.481 e. The Morgan fingerprint density at radius 1 is 1.22 bits per heavy atom. The molecule has 1 aliphatic carbocycles. The van der Waals surface area contributed by atoms with Crippen LogP contribution in [0.1, 0.15) is 45.4 Å². The van der Waals surface area contributed by atoms with E-state index in [1.54, 1.807) is 0 Å². The maximum atomic E-state index is 12.2. The second-order valence-corrected chi connectivity index (χ2v) is 13.3. The molecule has 5 heteroatoms. The molecular weight excluding hydrogens is 308 g/mol. The van der Waals surface area contributed by atoms with Crippen LogP contribution in [0, 0.1) is 11.8 Å². The van der Waals surface area contributed by atoms with Gasteiger partial charge in [-0.3, -0.25) is 4.79 Å². The number of aliphatic carboxylic acids is 1. The van der Waals surface area contributed by atoms with Crippen LogP contribution in [-0.2, 0) is 14.3 Å². The van der Waals surface area contributed by atoms with Gasteiger partial charge in [-0.25, -0.2) is 4.79 Å². The van der Waals surface area contributed by atoms with Crippen LogP contribution in [0.3, 0.4) is 0 Å². The number of carbonyl (C=O) groups excluding carboxylic acids is 1. The Kier molecular flexibility index (Phi) is 8.03. The van der Waals surface area contributed by atoms with Gasteiger partial charge in [0.2, 0.25) is 0 Å². The molecule has 1 N–H and O–H groups in total. The summed E-state index contributed by atoms with van der Waals surface area (Å²) in [6.07, 6.45) is 7.41. The van der Waals surface area contributed by atoms with E-state index in [2.05, 4.69) is 25.7 Å². The summed E-state index contributed by atoms with van der Waals surface area (Å²) in [5, 5.41) is 8.87.